The highest BCUT2D eigenvalue weighted by atomic mass is 32.2. The molecule has 0 radical (unpaired) electrons. The van der Waals surface area contributed by atoms with Gasteiger partial charge in [-0.3, -0.25) is 4.90 Å². The third kappa shape index (κ3) is 3.38. The lowest BCUT2D eigenvalue weighted by Crippen LogP contribution is -2.40. The second-order valence-corrected chi connectivity index (χ2v) is 7.16. The minimum atomic E-state index is 0.589. The van der Waals surface area contributed by atoms with Crippen LogP contribution in [0.2, 0.25) is 0 Å². The topological polar surface area (TPSA) is 15.3 Å². The highest BCUT2D eigenvalue weighted by Gasteiger charge is 2.31. The molecular formula is C17H26N2S. The molecule has 2 aliphatic rings. The monoisotopic (exact) mass is 290 g/mol. The molecule has 1 aliphatic carbocycles. The summed E-state index contributed by atoms with van der Waals surface area (Å²) in [6.07, 6.45) is 7.61. The van der Waals surface area contributed by atoms with Gasteiger partial charge in [-0.05, 0) is 69.1 Å². The molecule has 1 N–H and O–H groups in total. The lowest BCUT2D eigenvalue weighted by Gasteiger charge is -2.40. The van der Waals surface area contributed by atoms with Gasteiger partial charge < -0.3 is 5.32 Å². The van der Waals surface area contributed by atoms with Gasteiger partial charge in [0.2, 0.25) is 0 Å². The van der Waals surface area contributed by atoms with Crippen molar-refractivity contribution in [2.45, 2.75) is 42.7 Å². The summed E-state index contributed by atoms with van der Waals surface area (Å²) in [6, 6.07) is 10.6. The van der Waals surface area contributed by atoms with E-state index in [1.165, 1.54) is 49.2 Å². The molecule has 1 heterocycles. The molecule has 20 heavy (non-hydrogen) atoms. The third-order valence-electron chi connectivity index (χ3n) is 4.71. The Kier molecular flexibility index (Phi) is 4.69. The first-order valence-corrected chi connectivity index (χ1v) is 9.08. The molecule has 1 aliphatic heterocycles. The van der Waals surface area contributed by atoms with Crippen molar-refractivity contribution in [2.24, 2.45) is 5.92 Å². The van der Waals surface area contributed by atoms with Gasteiger partial charge in [0, 0.05) is 23.5 Å². The maximum absolute atomic E-state index is 3.74. The van der Waals surface area contributed by atoms with Gasteiger partial charge in [0.1, 0.15) is 0 Å². The summed E-state index contributed by atoms with van der Waals surface area (Å²) in [7, 11) is 2.29. The molecule has 2 nitrogen and oxygen atoms in total. The third-order valence-corrected chi connectivity index (χ3v) is 5.45. The molecule has 0 spiro atoms. The smallest absolute Gasteiger partial charge is 0.0385 e. The zero-order valence-electron chi connectivity index (χ0n) is 12.6. The SMILES string of the molecule is CSc1ccc(C2C(CNC3CC3)CCCN2C)cc1. The maximum Gasteiger partial charge on any atom is 0.0385 e. The fraction of sp³-hybridized carbons (Fsp3) is 0.647. The second-order valence-electron chi connectivity index (χ2n) is 6.28. The van der Waals surface area contributed by atoms with E-state index in [9.17, 15) is 0 Å². The molecule has 2 unspecified atom stereocenters. The summed E-state index contributed by atoms with van der Waals surface area (Å²) in [4.78, 5) is 3.91. The number of nitrogens with zero attached hydrogens (tertiary/aromatic N) is 1. The Balaban J connectivity index is 1.72. The number of nitrogens with one attached hydrogen (secondary N) is 1. The van der Waals surface area contributed by atoms with Crippen LogP contribution in [0.3, 0.4) is 0 Å². The average Bonchev–Trinajstić information content (AvgIpc) is 3.30. The van der Waals surface area contributed by atoms with Crippen LogP contribution >= 0.6 is 11.8 Å². The van der Waals surface area contributed by atoms with Gasteiger partial charge in [-0.25, -0.2) is 0 Å². The van der Waals surface area contributed by atoms with Crippen LogP contribution in [0.1, 0.15) is 37.3 Å². The van der Waals surface area contributed by atoms with Gasteiger partial charge in [-0.1, -0.05) is 12.1 Å². The van der Waals surface area contributed by atoms with Crippen molar-refractivity contribution < 1.29 is 0 Å². The zero-order chi connectivity index (χ0) is 13.9. The highest BCUT2D eigenvalue weighted by molar-refractivity contribution is 7.98. The van der Waals surface area contributed by atoms with Crippen LogP contribution in [0.25, 0.3) is 0 Å². The van der Waals surface area contributed by atoms with E-state index in [4.69, 9.17) is 0 Å². The van der Waals surface area contributed by atoms with Crippen LogP contribution in [0.4, 0.5) is 0 Å². The van der Waals surface area contributed by atoms with Crippen molar-refractivity contribution in [3.8, 4) is 0 Å². The Morgan fingerprint density at radius 3 is 2.60 bits per heavy atom. The van der Waals surface area contributed by atoms with Crippen LogP contribution in [-0.2, 0) is 0 Å². The standard InChI is InChI=1S/C17H26N2S/c1-19-11-3-4-14(12-18-15-7-8-15)17(19)13-5-9-16(20-2)10-6-13/h5-6,9-10,14-15,17-18H,3-4,7-8,11-12H2,1-2H3. The number of benzene rings is 1. The quantitative estimate of drug-likeness (QED) is 0.835. The van der Waals surface area contributed by atoms with Crippen molar-refractivity contribution >= 4 is 11.8 Å². The van der Waals surface area contributed by atoms with Gasteiger partial charge in [-0.15, -0.1) is 11.8 Å². The van der Waals surface area contributed by atoms with Crippen molar-refractivity contribution in [2.75, 3.05) is 26.4 Å². The molecule has 2 atom stereocenters. The average molecular weight is 290 g/mol. The van der Waals surface area contributed by atoms with Crippen molar-refractivity contribution in [3.63, 3.8) is 0 Å². The molecule has 0 bridgehead atoms. The van der Waals surface area contributed by atoms with Crippen molar-refractivity contribution in [3.05, 3.63) is 29.8 Å². The Morgan fingerprint density at radius 1 is 1.20 bits per heavy atom. The Labute approximate surface area is 127 Å². The number of likely N-dealkylation sites (tertiary alicyclic amines) is 1. The summed E-state index contributed by atoms with van der Waals surface area (Å²) >= 11 is 1.82. The van der Waals surface area contributed by atoms with Gasteiger partial charge in [0.05, 0.1) is 0 Å². The predicted molar refractivity (Wildman–Crippen MR) is 87.3 cm³/mol. The largest absolute Gasteiger partial charge is 0.314 e. The molecule has 1 saturated heterocycles. The van der Waals surface area contributed by atoms with Crippen LogP contribution in [0.5, 0.6) is 0 Å². The predicted octanol–water partition coefficient (Wildman–Crippen LogP) is 3.54. The molecule has 3 heteroatoms. The summed E-state index contributed by atoms with van der Waals surface area (Å²) in [5.74, 6) is 0.759. The van der Waals surface area contributed by atoms with Crippen LogP contribution in [0.15, 0.2) is 29.2 Å². The molecule has 0 aromatic heterocycles. The van der Waals surface area contributed by atoms with Crippen LogP contribution in [0, 0.1) is 5.92 Å². The van der Waals surface area contributed by atoms with E-state index in [0.29, 0.717) is 6.04 Å². The minimum Gasteiger partial charge on any atom is -0.314 e. The summed E-state index contributed by atoms with van der Waals surface area (Å²) in [6.45, 7) is 2.42. The molecule has 1 aromatic rings. The van der Waals surface area contributed by atoms with Gasteiger partial charge >= 0.3 is 0 Å². The van der Waals surface area contributed by atoms with E-state index in [1.807, 2.05) is 11.8 Å². The molecule has 1 saturated carbocycles. The molecule has 110 valence electrons. The number of rotatable bonds is 5. The number of piperidine rings is 1. The Morgan fingerprint density at radius 2 is 1.95 bits per heavy atom. The van der Waals surface area contributed by atoms with E-state index in [0.717, 1.165) is 12.0 Å². The van der Waals surface area contributed by atoms with Gasteiger partial charge in [0.25, 0.3) is 0 Å². The number of thioether (sulfide) groups is 1. The summed E-state index contributed by atoms with van der Waals surface area (Å²) < 4.78 is 0. The van der Waals surface area contributed by atoms with E-state index < -0.39 is 0 Å². The van der Waals surface area contributed by atoms with E-state index in [1.54, 1.807) is 0 Å². The molecule has 0 amide bonds. The fourth-order valence-corrected chi connectivity index (χ4v) is 3.81. The zero-order valence-corrected chi connectivity index (χ0v) is 13.5. The maximum atomic E-state index is 3.74. The molecule has 2 fully saturated rings. The first kappa shape index (κ1) is 14.4. The first-order valence-electron chi connectivity index (χ1n) is 7.85. The van der Waals surface area contributed by atoms with E-state index >= 15 is 0 Å². The van der Waals surface area contributed by atoms with Crippen LogP contribution in [-0.4, -0.2) is 37.3 Å². The number of hydrogen-bond donors (Lipinski definition) is 1. The summed E-state index contributed by atoms with van der Waals surface area (Å²) in [5, 5.41) is 3.74. The fourth-order valence-electron chi connectivity index (χ4n) is 3.41. The second kappa shape index (κ2) is 6.50. The van der Waals surface area contributed by atoms with E-state index in [-0.39, 0.29) is 0 Å². The van der Waals surface area contributed by atoms with Crippen molar-refractivity contribution in [1.82, 2.24) is 10.2 Å². The minimum absolute atomic E-state index is 0.589. The Bertz CT molecular complexity index is 427. The molecular weight excluding hydrogens is 264 g/mol. The lowest BCUT2D eigenvalue weighted by atomic mass is 9.85. The van der Waals surface area contributed by atoms with Crippen LogP contribution < -0.4 is 5.32 Å². The summed E-state index contributed by atoms with van der Waals surface area (Å²) in [5.41, 5.74) is 1.49. The highest BCUT2D eigenvalue weighted by Crippen LogP contribution is 2.35. The number of hydrogen-bond acceptors (Lipinski definition) is 3. The van der Waals surface area contributed by atoms with Gasteiger partial charge in [-0.2, -0.15) is 0 Å². The lowest BCUT2D eigenvalue weighted by molar-refractivity contribution is 0.119. The molecule has 3 rings (SSSR count). The first-order chi connectivity index (χ1) is 9.78. The Hall–Kier alpha value is -0.510. The molecule has 1 aromatic carbocycles. The van der Waals surface area contributed by atoms with E-state index in [2.05, 4.69) is 47.8 Å². The normalized spacial score (nSPS) is 27.7. The van der Waals surface area contributed by atoms with Crippen molar-refractivity contribution in [1.29, 1.82) is 0 Å². The van der Waals surface area contributed by atoms with Gasteiger partial charge in [0.15, 0.2) is 0 Å².